The van der Waals surface area contributed by atoms with E-state index in [1.165, 1.54) is 6.20 Å². The number of aromatic amines is 1. The molecule has 28 heavy (non-hydrogen) atoms. The number of rotatable bonds is 4. The molecule has 0 spiro atoms. The average Bonchev–Trinajstić information content (AvgIpc) is 3.18. The van der Waals surface area contributed by atoms with Gasteiger partial charge in [0.15, 0.2) is 0 Å². The number of carbonyl (C=O) groups excluding carboxylic acids is 1. The van der Waals surface area contributed by atoms with Gasteiger partial charge < -0.3 is 20.9 Å². The van der Waals surface area contributed by atoms with E-state index in [1.54, 1.807) is 18.5 Å². The number of aromatic nitrogens is 3. The number of pyridine rings is 2. The van der Waals surface area contributed by atoms with Crippen molar-refractivity contribution in [1.29, 1.82) is 5.26 Å². The summed E-state index contributed by atoms with van der Waals surface area (Å²) in [4.78, 5) is 25.8. The summed E-state index contributed by atoms with van der Waals surface area (Å²) < 4.78 is 0. The van der Waals surface area contributed by atoms with Crippen LogP contribution in [-0.4, -0.2) is 40.0 Å². The number of nitrogens with two attached hydrogens (primary N) is 1. The summed E-state index contributed by atoms with van der Waals surface area (Å²) in [7, 11) is 0. The Bertz CT molecular complexity index is 1050. The van der Waals surface area contributed by atoms with Gasteiger partial charge in [0.05, 0.1) is 16.8 Å². The SMILES string of the molecule is C[C@@H]1CN(c2ccc(C#N)cn2)CC[C@@H]1Nc1c(C(N)=O)cnc2[nH]ccc12. The van der Waals surface area contributed by atoms with Gasteiger partial charge in [0.1, 0.15) is 17.5 Å². The number of nitrogens with zero attached hydrogens (tertiary/aromatic N) is 4. The van der Waals surface area contributed by atoms with E-state index in [0.29, 0.717) is 17.0 Å². The number of amides is 1. The maximum absolute atomic E-state index is 11.9. The molecule has 8 heteroatoms. The van der Waals surface area contributed by atoms with Crippen molar-refractivity contribution in [2.45, 2.75) is 19.4 Å². The van der Waals surface area contributed by atoms with Crippen LogP contribution < -0.4 is 16.0 Å². The highest BCUT2D eigenvalue weighted by molar-refractivity contribution is 6.06. The minimum Gasteiger partial charge on any atom is -0.381 e. The molecule has 8 nitrogen and oxygen atoms in total. The molecule has 0 bridgehead atoms. The number of H-pyrrole nitrogens is 1. The first-order valence-corrected chi connectivity index (χ1v) is 9.20. The van der Waals surface area contributed by atoms with Gasteiger partial charge >= 0.3 is 0 Å². The predicted octanol–water partition coefficient (Wildman–Crippen LogP) is 2.26. The van der Waals surface area contributed by atoms with Crippen LogP contribution in [0.3, 0.4) is 0 Å². The molecular formula is C20H21N7O. The van der Waals surface area contributed by atoms with Crippen molar-refractivity contribution in [3.8, 4) is 6.07 Å². The quantitative estimate of drug-likeness (QED) is 0.642. The highest BCUT2D eigenvalue weighted by Gasteiger charge is 2.28. The number of hydrogen-bond acceptors (Lipinski definition) is 6. The van der Waals surface area contributed by atoms with Gasteiger partial charge in [0, 0.05) is 43.1 Å². The lowest BCUT2D eigenvalue weighted by molar-refractivity contribution is 0.100. The molecule has 1 aliphatic heterocycles. The van der Waals surface area contributed by atoms with Crippen molar-refractivity contribution >= 4 is 28.4 Å². The molecular weight excluding hydrogens is 354 g/mol. The second kappa shape index (κ2) is 7.19. The zero-order valence-corrected chi connectivity index (χ0v) is 15.5. The third-order valence-electron chi connectivity index (χ3n) is 5.29. The van der Waals surface area contributed by atoms with Crippen LogP contribution >= 0.6 is 0 Å². The van der Waals surface area contributed by atoms with E-state index in [4.69, 9.17) is 11.0 Å². The topological polar surface area (TPSA) is 124 Å². The zero-order chi connectivity index (χ0) is 19.7. The second-order valence-electron chi connectivity index (χ2n) is 7.13. The second-order valence-corrected chi connectivity index (χ2v) is 7.13. The largest absolute Gasteiger partial charge is 0.381 e. The summed E-state index contributed by atoms with van der Waals surface area (Å²) in [6.45, 7) is 3.82. The smallest absolute Gasteiger partial charge is 0.252 e. The molecule has 1 saturated heterocycles. The van der Waals surface area contributed by atoms with Crippen LogP contribution in [0.25, 0.3) is 11.0 Å². The Morgan fingerprint density at radius 2 is 2.21 bits per heavy atom. The molecule has 4 N–H and O–H groups in total. The van der Waals surface area contributed by atoms with Crippen molar-refractivity contribution in [3.05, 3.63) is 47.9 Å². The normalized spacial score (nSPS) is 19.4. The molecule has 2 atom stereocenters. The number of nitriles is 1. The van der Waals surface area contributed by atoms with E-state index in [2.05, 4.69) is 38.2 Å². The van der Waals surface area contributed by atoms with Crippen LogP contribution in [0, 0.1) is 17.2 Å². The summed E-state index contributed by atoms with van der Waals surface area (Å²) in [5, 5.41) is 13.3. The van der Waals surface area contributed by atoms with E-state index >= 15 is 0 Å². The molecule has 3 aromatic rings. The molecule has 1 fully saturated rings. The van der Waals surface area contributed by atoms with Gasteiger partial charge in [-0.25, -0.2) is 9.97 Å². The monoisotopic (exact) mass is 375 g/mol. The predicted molar refractivity (Wildman–Crippen MR) is 107 cm³/mol. The molecule has 4 heterocycles. The standard InChI is InChI=1S/C20H21N7O/c1-12-11-27(17-3-2-13(8-21)9-24-17)7-5-16(12)26-18-14-4-6-23-20(14)25-10-15(18)19(22)28/h2-4,6,9-10,12,16H,5,7,11H2,1H3,(H2,22,28)(H2,23,25,26)/t12-,16+/m1/s1. The van der Waals surface area contributed by atoms with Crippen LogP contribution in [-0.2, 0) is 0 Å². The third-order valence-corrected chi connectivity index (χ3v) is 5.29. The van der Waals surface area contributed by atoms with Gasteiger partial charge in [0.2, 0.25) is 0 Å². The first-order chi connectivity index (χ1) is 13.6. The summed E-state index contributed by atoms with van der Waals surface area (Å²) >= 11 is 0. The van der Waals surface area contributed by atoms with Crippen LogP contribution in [0.4, 0.5) is 11.5 Å². The maximum Gasteiger partial charge on any atom is 0.252 e. The average molecular weight is 375 g/mol. The van der Waals surface area contributed by atoms with Crippen LogP contribution in [0.1, 0.15) is 29.3 Å². The molecule has 0 aliphatic carbocycles. The molecule has 0 saturated carbocycles. The highest BCUT2D eigenvalue weighted by atomic mass is 16.1. The molecule has 3 aromatic heterocycles. The van der Waals surface area contributed by atoms with Crippen molar-refractivity contribution in [3.63, 3.8) is 0 Å². The van der Waals surface area contributed by atoms with Crippen LogP contribution in [0.2, 0.25) is 0 Å². The Morgan fingerprint density at radius 3 is 2.89 bits per heavy atom. The summed E-state index contributed by atoms with van der Waals surface area (Å²) in [6, 6.07) is 7.85. The molecule has 4 rings (SSSR count). The Balaban J connectivity index is 1.54. The fourth-order valence-corrected chi connectivity index (χ4v) is 3.74. The Hall–Kier alpha value is -3.60. The van der Waals surface area contributed by atoms with Gasteiger partial charge in [-0.1, -0.05) is 6.92 Å². The fraction of sp³-hybridized carbons (Fsp3) is 0.300. The van der Waals surface area contributed by atoms with Crippen molar-refractivity contribution in [2.24, 2.45) is 11.7 Å². The summed E-state index contributed by atoms with van der Waals surface area (Å²) in [5.74, 6) is 0.693. The lowest BCUT2D eigenvalue weighted by Gasteiger charge is -2.38. The van der Waals surface area contributed by atoms with Gasteiger partial charge in [0.25, 0.3) is 5.91 Å². The van der Waals surface area contributed by atoms with Gasteiger partial charge in [-0.2, -0.15) is 5.26 Å². The Kier molecular flexibility index (Phi) is 4.57. The minimum atomic E-state index is -0.495. The zero-order valence-electron chi connectivity index (χ0n) is 15.5. The van der Waals surface area contributed by atoms with E-state index in [-0.39, 0.29) is 6.04 Å². The lowest BCUT2D eigenvalue weighted by Crippen LogP contribution is -2.45. The Morgan fingerprint density at radius 1 is 1.36 bits per heavy atom. The number of hydrogen-bond donors (Lipinski definition) is 3. The first-order valence-electron chi connectivity index (χ1n) is 9.20. The maximum atomic E-state index is 11.9. The third kappa shape index (κ3) is 3.22. The molecule has 1 aliphatic rings. The number of primary amides is 1. The lowest BCUT2D eigenvalue weighted by atomic mass is 9.93. The van der Waals surface area contributed by atoms with Crippen molar-refractivity contribution in [1.82, 2.24) is 15.0 Å². The number of nitrogens with one attached hydrogen (secondary N) is 2. The van der Waals surface area contributed by atoms with E-state index in [0.717, 1.165) is 42.0 Å². The summed E-state index contributed by atoms with van der Waals surface area (Å²) in [5.41, 5.74) is 7.98. The van der Waals surface area contributed by atoms with E-state index in [1.807, 2.05) is 12.1 Å². The van der Waals surface area contributed by atoms with E-state index < -0.39 is 5.91 Å². The number of piperidine rings is 1. The summed E-state index contributed by atoms with van der Waals surface area (Å²) in [6.07, 6.45) is 5.80. The first kappa shape index (κ1) is 17.8. The molecule has 0 unspecified atom stereocenters. The van der Waals surface area contributed by atoms with Gasteiger partial charge in [-0.3, -0.25) is 4.79 Å². The fourth-order valence-electron chi connectivity index (χ4n) is 3.74. The van der Waals surface area contributed by atoms with Gasteiger partial charge in [-0.15, -0.1) is 0 Å². The number of fused-ring (bicyclic) bond motifs is 1. The van der Waals surface area contributed by atoms with E-state index in [9.17, 15) is 4.79 Å². The van der Waals surface area contributed by atoms with Gasteiger partial charge in [-0.05, 0) is 30.5 Å². The highest BCUT2D eigenvalue weighted by Crippen LogP contribution is 2.30. The van der Waals surface area contributed by atoms with Crippen LogP contribution in [0.15, 0.2) is 36.8 Å². The van der Waals surface area contributed by atoms with Crippen molar-refractivity contribution < 1.29 is 4.79 Å². The molecule has 1 amide bonds. The Labute approximate surface area is 162 Å². The molecule has 142 valence electrons. The number of anilines is 2. The number of carbonyl (C=O) groups is 1. The molecule has 0 aromatic carbocycles. The van der Waals surface area contributed by atoms with Crippen molar-refractivity contribution in [2.75, 3.05) is 23.3 Å². The minimum absolute atomic E-state index is 0.188. The van der Waals surface area contributed by atoms with Crippen LogP contribution in [0.5, 0.6) is 0 Å². The molecule has 0 radical (unpaired) electrons.